The Morgan fingerprint density at radius 3 is 2.00 bits per heavy atom. The summed E-state index contributed by atoms with van der Waals surface area (Å²) in [7, 11) is 0. The minimum absolute atomic E-state index is 0.131. The van der Waals surface area contributed by atoms with E-state index in [0.717, 1.165) is 11.8 Å². The van der Waals surface area contributed by atoms with Crippen molar-refractivity contribution in [3.8, 4) is 17.1 Å². The highest BCUT2D eigenvalue weighted by atomic mass is 15.2. The van der Waals surface area contributed by atoms with E-state index < -0.39 is 0 Å². The average molecular weight is 424 g/mol. The standard InChI is InChI=1S/C30H35N2/c1-22-12-6-11-19-27(22)31-23(2)28-20-21-30(25-15-7-8-16-25,26-17-9-10-18-26)32(28)29(31)24-13-4-3-5-14-24/h3-6,11-14,19-21,25-26H,7-10,15-18H2,1-2H3/q+1. The van der Waals surface area contributed by atoms with Crippen LogP contribution in [-0.2, 0) is 5.54 Å². The number of para-hydroxylation sites is 1. The van der Waals surface area contributed by atoms with Gasteiger partial charge in [-0.2, -0.15) is 4.57 Å². The molecule has 2 aromatic carbocycles. The van der Waals surface area contributed by atoms with E-state index in [2.05, 4.69) is 89.7 Å². The maximum Gasteiger partial charge on any atom is 0.295 e. The van der Waals surface area contributed by atoms with Crippen molar-refractivity contribution in [1.82, 2.24) is 4.57 Å². The van der Waals surface area contributed by atoms with Crippen molar-refractivity contribution < 1.29 is 4.57 Å². The van der Waals surface area contributed by atoms with Crippen LogP contribution in [0.2, 0.25) is 0 Å². The summed E-state index contributed by atoms with van der Waals surface area (Å²) in [6, 6.07) is 20.0. The van der Waals surface area contributed by atoms with Crippen LogP contribution in [0, 0.1) is 25.7 Å². The fourth-order valence-electron chi connectivity index (χ4n) is 7.23. The van der Waals surface area contributed by atoms with Crippen LogP contribution in [0.25, 0.3) is 23.2 Å². The Balaban J connectivity index is 1.68. The van der Waals surface area contributed by atoms with Crippen molar-refractivity contribution in [3.63, 3.8) is 0 Å². The largest absolute Gasteiger partial charge is 0.295 e. The Kier molecular flexibility index (Phi) is 4.86. The van der Waals surface area contributed by atoms with Gasteiger partial charge in [-0.1, -0.05) is 62.1 Å². The van der Waals surface area contributed by atoms with Crippen molar-refractivity contribution >= 4 is 6.08 Å². The van der Waals surface area contributed by atoms with Gasteiger partial charge in [0, 0.05) is 18.8 Å². The first-order valence-corrected chi connectivity index (χ1v) is 12.7. The number of hydrogen-bond donors (Lipinski definition) is 0. The Morgan fingerprint density at radius 1 is 0.781 bits per heavy atom. The third-order valence-corrected chi connectivity index (χ3v) is 8.67. The normalized spacial score (nSPS) is 20.3. The number of rotatable bonds is 4. The molecular formula is C30H35N2+. The van der Waals surface area contributed by atoms with E-state index in [-0.39, 0.29) is 5.54 Å². The van der Waals surface area contributed by atoms with Gasteiger partial charge in [0.15, 0.2) is 11.4 Å². The second-order valence-electron chi connectivity index (χ2n) is 10.3. The highest BCUT2D eigenvalue weighted by Gasteiger charge is 2.56. The zero-order valence-corrected chi connectivity index (χ0v) is 19.6. The number of aryl methyl sites for hydroxylation is 1. The molecule has 0 saturated heterocycles. The van der Waals surface area contributed by atoms with E-state index in [0.29, 0.717) is 0 Å². The second-order valence-corrected chi connectivity index (χ2v) is 10.3. The maximum absolute atomic E-state index is 2.82. The smallest absolute Gasteiger partial charge is 0.213 e. The Morgan fingerprint density at radius 2 is 1.38 bits per heavy atom. The van der Waals surface area contributed by atoms with Gasteiger partial charge in [0.25, 0.3) is 5.82 Å². The molecule has 2 nitrogen and oxygen atoms in total. The molecule has 1 aliphatic heterocycles. The SMILES string of the molecule is Cc1ccccc1-n1c(C)c2[n+](c1-c1ccccc1)C(C1CCCC1)(C1CCCC1)C=C2. The molecule has 3 aliphatic rings. The van der Waals surface area contributed by atoms with Crippen LogP contribution >= 0.6 is 0 Å². The first kappa shape index (κ1) is 20.0. The molecule has 0 atom stereocenters. The molecule has 6 rings (SSSR count). The first-order valence-electron chi connectivity index (χ1n) is 12.7. The van der Waals surface area contributed by atoms with Crippen molar-refractivity contribution in [1.29, 1.82) is 0 Å². The topological polar surface area (TPSA) is 8.81 Å². The quantitative estimate of drug-likeness (QED) is 0.394. The summed E-state index contributed by atoms with van der Waals surface area (Å²) in [5.74, 6) is 2.88. The molecule has 2 fully saturated rings. The first-order chi connectivity index (χ1) is 15.7. The molecule has 1 aromatic heterocycles. The van der Waals surface area contributed by atoms with Gasteiger partial charge in [0.05, 0.1) is 5.56 Å². The van der Waals surface area contributed by atoms with E-state index in [1.54, 1.807) is 0 Å². The lowest BCUT2D eigenvalue weighted by atomic mass is 9.72. The van der Waals surface area contributed by atoms with Gasteiger partial charge in [-0.3, -0.25) is 0 Å². The molecule has 0 bridgehead atoms. The monoisotopic (exact) mass is 423 g/mol. The fraction of sp³-hybridized carbons (Fsp3) is 0.433. The van der Waals surface area contributed by atoms with Gasteiger partial charge >= 0.3 is 0 Å². The van der Waals surface area contributed by atoms with Crippen molar-refractivity contribution in [2.45, 2.75) is 70.8 Å². The number of allylic oxidation sites excluding steroid dienone is 1. The third kappa shape index (κ3) is 2.81. The Hall–Kier alpha value is -2.61. The van der Waals surface area contributed by atoms with Crippen LogP contribution in [0.5, 0.6) is 0 Å². The van der Waals surface area contributed by atoms with Gasteiger partial charge in [-0.15, -0.1) is 0 Å². The lowest BCUT2D eigenvalue weighted by Gasteiger charge is -2.38. The van der Waals surface area contributed by atoms with Crippen molar-refractivity contribution in [3.05, 3.63) is 77.6 Å². The number of fused-ring (bicyclic) bond motifs is 1. The molecule has 0 radical (unpaired) electrons. The number of imidazole rings is 1. The lowest BCUT2D eigenvalue weighted by Crippen LogP contribution is -2.62. The highest BCUT2D eigenvalue weighted by molar-refractivity contribution is 5.63. The summed E-state index contributed by atoms with van der Waals surface area (Å²) >= 11 is 0. The Bertz CT molecular complexity index is 1140. The molecule has 164 valence electrons. The summed E-state index contributed by atoms with van der Waals surface area (Å²) < 4.78 is 5.37. The van der Waals surface area contributed by atoms with Crippen LogP contribution < -0.4 is 4.57 Å². The van der Waals surface area contributed by atoms with E-state index in [9.17, 15) is 0 Å². The summed E-state index contributed by atoms with van der Waals surface area (Å²) in [6.45, 7) is 4.57. The molecule has 0 spiro atoms. The van der Waals surface area contributed by atoms with Crippen molar-refractivity contribution in [2.75, 3.05) is 0 Å². The molecule has 0 unspecified atom stereocenters. The van der Waals surface area contributed by atoms with Gasteiger partial charge in [-0.25, -0.2) is 4.57 Å². The minimum Gasteiger partial charge on any atom is -0.213 e. The zero-order valence-electron chi connectivity index (χ0n) is 19.6. The predicted molar refractivity (Wildman–Crippen MR) is 132 cm³/mol. The summed E-state index contributed by atoms with van der Waals surface area (Å²) in [5.41, 5.74) is 6.89. The highest BCUT2D eigenvalue weighted by Crippen LogP contribution is 2.51. The van der Waals surface area contributed by atoms with Crippen molar-refractivity contribution in [2.24, 2.45) is 11.8 Å². The molecule has 0 amide bonds. The fourth-order valence-corrected chi connectivity index (χ4v) is 7.23. The number of nitrogens with zero attached hydrogens (tertiary/aromatic N) is 2. The molecule has 2 heterocycles. The molecule has 0 N–H and O–H groups in total. The van der Waals surface area contributed by atoms with E-state index in [1.165, 1.54) is 85.4 Å². The molecule has 32 heavy (non-hydrogen) atoms. The van der Waals surface area contributed by atoms with Crippen LogP contribution in [-0.4, -0.2) is 4.57 Å². The van der Waals surface area contributed by atoms with Crippen LogP contribution in [0.4, 0.5) is 0 Å². The zero-order chi connectivity index (χ0) is 21.7. The number of aromatic nitrogens is 2. The maximum atomic E-state index is 2.82. The summed E-state index contributed by atoms with van der Waals surface area (Å²) in [5, 5.41) is 0. The Labute approximate surface area is 192 Å². The van der Waals surface area contributed by atoms with Gasteiger partial charge in [0.1, 0.15) is 11.2 Å². The molecule has 2 aliphatic carbocycles. The molecule has 2 heteroatoms. The third-order valence-electron chi connectivity index (χ3n) is 8.67. The molecular weight excluding hydrogens is 388 g/mol. The minimum atomic E-state index is 0.131. The molecule has 2 saturated carbocycles. The summed E-state index contributed by atoms with van der Waals surface area (Å²) in [6.07, 6.45) is 16.2. The van der Waals surface area contributed by atoms with Crippen LogP contribution in [0.3, 0.4) is 0 Å². The van der Waals surface area contributed by atoms with E-state index in [4.69, 9.17) is 0 Å². The van der Waals surface area contributed by atoms with Gasteiger partial charge in [0.2, 0.25) is 0 Å². The predicted octanol–water partition coefficient (Wildman–Crippen LogP) is 7.15. The molecule has 3 aromatic rings. The van der Waals surface area contributed by atoms with Crippen LogP contribution in [0.15, 0.2) is 60.7 Å². The number of benzene rings is 2. The number of hydrogen-bond acceptors (Lipinski definition) is 0. The second kappa shape index (κ2) is 7.76. The van der Waals surface area contributed by atoms with E-state index >= 15 is 0 Å². The van der Waals surface area contributed by atoms with E-state index in [1.807, 2.05) is 0 Å². The lowest BCUT2D eigenvalue weighted by molar-refractivity contribution is -0.755. The van der Waals surface area contributed by atoms with Gasteiger partial charge < -0.3 is 0 Å². The van der Waals surface area contributed by atoms with Crippen LogP contribution in [0.1, 0.15) is 68.3 Å². The van der Waals surface area contributed by atoms with Gasteiger partial charge in [-0.05, 0) is 68.5 Å². The summed E-state index contributed by atoms with van der Waals surface area (Å²) in [4.78, 5) is 0. The average Bonchev–Trinajstić information content (AvgIpc) is 3.61.